The predicted molar refractivity (Wildman–Crippen MR) is 98.4 cm³/mol. The van der Waals surface area contributed by atoms with Crippen LogP contribution in [0, 0.1) is 0 Å². The van der Waals surface area contributed by atoms with E-state index in [1.165, 1.54) is 12.1 Å². The Morgan fingerprint density at radius 1 is 1.00 bits per heavy atom. The van der Waals surface area contributed by atoms with E-state index in [9.17, 15) is 4.79 Å². The fraction of sp³-hybridized carbons (Fsp3) is 0.632. The highest BCUT2D eigenvalue weighted by atomic mass is 16.2. The summed E-state index contributed by atoms with van der Waals surface area (Å²) in [6.07, 6.45) is 3.53. The maximum atomic E-state index is 13.3. The molecule has 1 aromatic rings. The number of anilines is 1. The van der Waals surface area contributed by atoms with Gasteiger partial charge in [-0.1, -0.05) is 12.1 Å². The molecule has 5 heteroatoms. The lowest BCUT2D eigenvalue weighted by Gasteiger charge is -2.38. The average Bonchev–Trinajstić information content (AvgIpc) is 2.64. The lowest BCUT2D eigenvalue weighted by atomic mass is 10.0. The fourth-order valence-corrected chi connectivity index (χ4v) is 3.69. The quantitative estimate of drug-likeness (QED) is 0.912. The summed E-state index contributed by atoms with van der Waals surface area (Å²) in [5, 5.41) is 3.39. The summed E-state index contributed by atoms with van der Waals surface area (Å²) in [6.45, 7) is 5.60. The second-order valence-electron chi connectivity index (χ2n) is 7.06. The SMILES string of the molecule is CN(C)c1ccc(C(C(=O)N2CCCCC2)N2CCNCC2)cc1. The summed E-state index contributed by atoms with van der Waals surface area (Å²) < 4.78 is 0. The van der Waals surface area contributed by atoms with Crippen LogP contribution in [0.25, 0.3) is 0 Å². The molecule has 1 aromatic carbocycles. The molecule has 1 N–H and O–H groups in total. The van der Waals surface area contributed by atoms with Gasteiger partial charge in [0.2, 0.25) is 5.91 Å². The Balaban J connectivity index is 1.84. The molecule has 2 aliphatic rings. The first-order valence-corrected chi connectivity index (χ1v) is 9.17. The van der Waals surface area contributed by atoms with Gasteiger partial charge in [-0.25, -0.2) is 0 Å². The zero-order chi connectivity index (χ0) is 16.9. The van der Waals surface area contributed by atoms with Crippen LogP contribution in [0.2, 0.25) is 0 Å². The van der Waals surface area contributed by atoms with Crippen LogP contribution in [0.4, 0.5) is 5.69 Å². The monoisotopic (exact) mass is 330 g/mol. The molecule has 1 unspecified atom stereocenters. The zero-order valence-corrected chi connectivity index (χ0v) is 15.0. The highest BCUT2D eigenvalue weighted by Gasteiger charge is 2.32. The molecule has 3 rings (SSSR count). The lowest BCUT2D eigenvalue weighted by molar-refractivity contribution is -0.138. The van der Waals surface area contributed by atoms with Gasteiger partial charge in [0.25, 0.3) is 0 Å². The molecule has 0 aromatic heterocycles. The number of carbonyl (C=O) groups excluding carboxylic acids is 1. The number of piperazine rings is 1. The number of carbonyl (C=O) groups is 1. The smallest absolute Gasteiger partial charge is 0.244 e. The molecule has 2 fully saturated rings. The third-order valence-electron chi connectivity index (χ3n) is 5.14. The molecule has 2 aliphatic heterocycles. The number of nitrogens with one attached hydrogen (secondary N) is 1. The maximum absolute atomic E-state index is 13.3. The third kappa shape index (κ3) is 3.90. The van der Waals surface area contributed by atoms with Crippen molar-refractivity contribution in [2.45, 2.75) is 25.3 Å². The first-order valence-electron chi connectivity index (χ1n) is 9.17. The summed E-state index contributed by atoms with van der Waals surface area (Å²) in [4.78, 5) is 19.8. The minimum atomic E-state index is -0.138. The third-order valence-corrected chi connectivity index (χ3v) is 5.14. The van der Waals surface area contributed by atoms with E-state index in [2.05, 4.69) is 44.3 Å². The molecule has 5 nitrogen and oxygen atoms in total. The minimum absolute atomic E-state index is 0.138. The van der Waals surface area contributed by atoms with Gasteiger partial charge in [0, 0.05) is 59.1 Å². The van der Waals surface area contributed by atoms with E-state index in [4.69, 9.17) is 0 Å². The van der Waals surface area contributed by atoms with Crippen LogP contribution in [-0.2, 0) is 4.79 Å². The molecule has 0 radical (unpaired) electrons. The molecular weight excluding hydrogens is 300 g/mol. The predicted octanol–water partition coefficient (Wildman–Crippen LogP) is 1.71. The Hall–Kier alpha value is -1.59. The van der Waals surface area contributed by atoms with Gasteiger partial charge in [-0.05, 0) is 37.0 Å². The van der Waals surface area contributed by atoms with E-state index in [0.717, 1.165) is 57.7 Å². The number of nitrogens with zero attached hydrogens (tertiary/aromatic N) is 3. The number of amides is 1. The standard InChI is InChI=1S/C19H30N4O/c1-21(2)17-8-6-16(7-9-17)18(22-14-10-20-11-15-22)19(24)23-12-4-3-5-13-23/h6-9,18,20H,3-5,10-15H2,1-2H3. The van der Waals surface area contributed by atoms with Crippen molar-refractivity contribution in [3.05, 3.63) is 29.8 Å². The van der Waals surface area contributed by atoms with Crippen LogP contribution in [0.3, 0.4) is 0 Å². The summed E-state index contributed by atoms with van der Waals surface area (Å²) >= 11 is 0. The van der Waals surface area contributed by atoms with Gasteiger partial charge in [-0.3, -0.25) is 9.69 Å². The molecule has 2 heterocycles. The fourth-order valence-electron chi connectivity index (χ4n) is 3.69. The van der Waals surface area contributed by atoms with E-state index in [0.29, 0.717) is 0 Å². The van der Waals surface area contributed by atoms with E-state index in [1.54, 1.807) is 0 Å². The zero-order valence-electron chi connectivity index (χ0n) is 15.0. The Bertz CT molecular complexity index is 531. The Morgan fingerprint density at radius 3 is 2.21 bits per heavy atom. The second-order valence-corrected chi connectivity index (χ2v) is 7.06. The Kier molecular flexibility index (Phi) is 5.74. The number of hydrogen-bond donors (Lipinski definition) is 1. The summed E-state index contributed by atoms with van der Waals surface area (Å²) in [6, 6.07) is 8.36. The van der Waals surface area contributed by atoms with Gasteiger partial charge in [0.15, 0.2) is 0 Å². The molecule has 2 saturated heterocycles. The topological polar surface area (TPSA) is 38.8 Å². The van der Waals surface area contributed by atoms with Gasteiger partial charge in [-0.2, -0.15) is 0 Å². The molecule has 1 amide bonds. The van der Waals surface area contributed by atoms with Gasteiger partial charge in [-0.15, -0.1) is 0 Å². The highest BCUT2D eigenvalue weighted by molar-refractivity contribution is 5.83. The number of piperidine rings is 1. The summed E-state index contributed by atoms with van der Waals surface area (Å²) in [7, 11) is 4.09. The first kappa shape index (κ1) is 17.2. The van der Waals surface area contributed by atoms with Gasteiger partial charge < -0.3 is 15.1 Å². The van der Waals surface area contributed by atoms with E-state index in [1.807, 2.05) is 14.1 Å². The number of benzene rings is 1. The maximum Gasteiger partial charge on any atom is 0.244 e. The van der Waals surface area contributed by atoms with Crippen LogP contribution in [0.15, 0.2) is 24.3 Å². The highest BCUT2D eigenvalue weighted by Crippen LogP contribution is 2.27. The Labute approximate surface area is 145 Å². The van der Waals surface area contributed by atoms with E-state index in [-0.39, 0.29) is 11.9 Å². The van der Waals surface area contributed by atoms with Crippen LogP contribution >= 0.6 is 0 Å². The second kappa shape index (κ2) is 7.99. The van der Waals surface area contributed by atoms with Gasteiger partial charge in [0.05, 0.1) is 0 Å². The summed E-state index contributed by atoms with van der Waals surface area (Å²) in [5.74, 6) is 0.286. The van der Waals surface area contributed by atoms with Crippen molar-refractivity contribution in [3.8, 4) is 0 Å². The summed E-state index contributed by atoms with van der Waals surface area (Å²) in [5.41, 5.74) is 2.29. The number of likely N-dealkylation sites (tertiary alicyclic amines) is 1. The van der Waals surface area contributed by atoms with E-state index < -0.39 is 0 Å². The largest absolute Gasteiger partial charge is 0.378 e. The molecular formula is C19H30N4O. The average molecular weight is 330 g/mol. The van der Waals surface area contributed by atoms with E-state index >= 15 is 0 Å². The molecule has 0 bridgehead atoms. The minimum Gasteiger partial charge on any atom is -0.378 e. The van der Waals surface area contributed by atoms with Crippen molar-refractivity contribution >= 4 is 11.6 Å². The van der Waals surface area contributed by atoms with Crippen molar-refractivity contribution in [3.63, 3.8) is 0 Å². The van der Waals surface area contributed by atoms with Crippen molar-refractivity contribution in [1.29, 1.82) is 0 Å². The number of hydrogen-bond acceptors (Lipinski definition) is 4. The van der Waals surface area contributed by atoms with Gasteiger partial charge >= 0.3 is 0 Å². The Morgan fingerprint density at radius 2 is 1.62 bits per heavy atom. The molecule has 24 heavy (non-hydrogen) atoms. The van der Waals surface area contributed by atoms with Crippen LogP contribution < -0.4 is 10.2 Å². The first-order chi connectivity index (χ1) is 11.7. The molecule has 0 spiro atoms. The van der Waals surface area contributed by atoms with Crippen LogP contribution in [-0.4, -0.2) is 69.1 Å². The normalized spacial score (nSPS) is 20.7. The van der Waals surface area contributed by atoms with Crippen LogP contribution in [0.5, 0.6) is 0 Å². The molecule has 132 valence electrons. The van der Waals surface area contributed by atoms with Crippen molar-refractivity contribution in [1.82, 2.24) is 15.1 Å². The van der Waals surface area contributed by atoms with Crippen LogP contribution in [0.1, 0.15) is 30.9 Å². The molecule has 0 saturated carbocycles. The van der Waals surface area contributed by atoms with Crippen molar-refractivity contribution in [2.75, 3.05) is 58.3 Å². The lowest BCUT2D eigenvalue weighted by Crippen LogP contribution is -2.51. The van der Waals surface area contributed by atoms with Gasteiger partial charge in [0.1, 0.15) is 6.04 Å². The molecule has 0 aliphatic carbocycles. The van der Waals surface area contributed by atoms with Crippen molar-refractivity contribution < 1.29 is 4.79 Å². The number of rotatable bonds is 4. The molecule has 1 atom stereocenters. The van der Waals surface area contributed by atoms with Crippen molar-refractivity contribution in [2.24, 2.45) is 0 Å².